The van der Waals surface area contributed by atoms with Crippen LogP contribution < -0.4 is 5.32 Å². The minimum atomic E-state index is -3.31. The van der Waals surface area contributed by atoms with E-state index >= 15 is 0 Å². The van der Waals surface area contributed by atoms with Gasteiger partial charge in [-0.2, -0.15) is 0 Å². The first-order valence-corrected chi connectivity index (χ1v) is 11.5. The van der Waals surface area contributed by atoms with Crippen LogP contribution in [0.15, 0.2) is 88.7 Å². The molecule has 4 nitrogen and oxygen atoms in total. The Morgan fingerprint density at radius 3 is 2.36 bits per heavy atom. The van der Waals surface area contributed by atoms with Crippen LogP contribution in [0.25, 0.3) is 0 Å². The smallest absolute Gasteiger partial charge is 0.255 e. The molecule has 0 bridgehead atoms. The number of carbonyl (C=O) groups excluding carboxylic acids is 1. The van der Waals surface area contributed by atoms with Crippen molar-refractivity contribution >= 4 is 33.2 Å². The number of thioether (sulfide) groups is 1. The first-order chi connectivity index (χ1) is 13.4. The number of amides is 1. The molecule has 28 heavy (non-hydrogen) atoms. The molecule has 0 saturated carbocycles. The van der Waals surface area contributed by atoms with E-state index in [1.165, 1.54) is 11.8 Å². The number of hydrogen-bond donors (Lipinski definition) is 1. The molecular formula is C22H21NO3S2. The summed E-state index contributed by atoms with van der Waals surface area (Å²) < 4.78 is 24.9. The molecule has 0 aliphatic rings. The number of benzene rings is 3. The summed E-state index contributed by atoms with van der Waals surface area (Å²) in [5, 5.41) is 2.85. The Morgan fingerprint density at radius 2 is 1.64 bits per heavy atom. The maximum atomic E-state index is 12.4. The Morgan fingerprint density at radius 1 is 0.929 bits per heavy atom. The summed E-state index contributed by atoms with van der Waals surface area (Å²) in [6, 6.07) is 23.3. The fourth-order valence-electron chi connectivity index (χ4n) is 2.58. The second kappa shape index (κ2) is 9.08. The van der Waals surface area contributed by atoms with Gasteiger partial charge in [-0.3, -0.25) is 4.79 Å². The van der Waals surface area contributed by atoms with Crippen LogP contribution in [0, 0.1) is 6.92 Å². The van der Waals surface area contributed by atoms with Gasteiger partial charge >= 0.3 is 0 Å². The number of hydrogen-bond acceptors (Lipinski definition) is 4. The molecule has 0 unspecified atom stereocenters. The summed E-state index contributed by atoms with van der Waals surface area (Å²) in [7, 11) is -3.31. The molecule has 1 N–H and O–H groups in total. The molecule has 3 aromatic rings. The number of nitrogens with one attached hydrogen (secondary N) is 1. The summed E-state index contributed by atoms with van der Waals surface area (Å²) >= 11 is 1.42. The molecule has 6 heteroatoms. The average molecular weight is 412 g/mol. The highest BCUT2D eigenvalue weighted by Gasteiger charge is 2.14. The second-order valence-electron chi connectivity index (χ2n) is 6.33. The lowest BCUT2D eigenvalue weighted by atomic mass is 10.2. The molecule has 1 amide bonds. The van der Waals surface area contributed by atoms with E-state index in [9.17, 15) is 13.2 Å². The number of anilines is 1. The van der Waals surface area contributed by atoms with Gasteiger partial charge in [0.15, 0.2) is 9.84 Å². The van der Waals surface area contributed by atoms with Gasteiger partial charge < -0.3 is 5.32 Å². The van der Waals surface area contributed by atoms with Crippen molar-refractivity contribution in [3.63, 3.8) is 0 Å². The van der Waals surface area contributed by atoms with Crippen LogP contribution in [0.5, 0.6) is 0 Å². The third-order valence-corrected chi connectivity index (χ3v) is 7.11. The first kappa shape index (κ1) is 20.2. The zero-order chi connectivity index (χ0) is 20.0. The van der Waals surface area contributed by atoms with E-state index in [1.807, 2.05) is 43.3 Å². The zero-order valence-corrected chi connectivity index (χ0v) is 17.1. The van der Waals surface area contributed by atoms with Gasteiger partial charge in [0.1, 0.15) is 0 Å². The maximum absolute atomic E-state index is 12.4. The van der Waals surface area contributed by atoms with Gasteiger partial charge in [-0.15, -0.1) is 11.8 Å². The summed E-state index contributed by atoms with van der Waals surface area (Å²) in [6.45, 7) is 1.92. The van der Waals surface area contributed by atoms with Gasteiger partial charge in [0.2, 0.25) is 0 Å². The molecule has 144 valence electrons. The van der Waals surface area contributed by atoms with Crippen LogP contribution in [0.2, 0.25) is 0 Å². The second-order valence-corrected chi connectivity index (χ2v) is 9.61. The van der Waals surface area contributed by atoms with Crippen LogP contribution >= 0.6 is 11.8 Å². The van der Waals surface area contributed by atoms with Gasteiger partial charge in [0.25, 0.3) is 5.91 Å². The van der Waals surface area contributed by atoms with Crippen molar-refractivity contribution in [1.82, 2.24) is 0 Å². The molecule has 0 spiro atoms. The third kappa shape index (κ3) is 5.47. The predicted molar refractivity (Wildman–Crippen MR) is 115 cm³/mol. The lowest BCUT2D eigenvalue weighted by Gasteiger charge is -2.08. The van der Waals surface area contributed by atoms with Crippen molar-refractivity contribution in [1.29, 1.82) is 0 Å². The maximum Gasteiger partial charge on any atom is 0.255 e. The molecule has 3 aromatic carbocycles. The van der Waals surface area contributed by atoms with Gasteiger partial charge in [-0.25, -0.2) is 8.42 Å². The molecule has 0 saturated heterocycles. The van der Waals surface area contributed by atoms with E-state index in [4.69, 9.17) is 0 Å². The topological polar surface area (TPSA) is 63.2 Å². The molecule has 0 atom stereocenters. The van der Waals surface area contributed by atoms with Gasteiger partial charge in [0, 0.05) is 21.9 Å². The molecule has 0 radical (unpaired) electrons. The quantitative estimate of drug-likeness (QED) is 0.567. The Balaban J connectivity index is 1.60. The molecule has 0 aliphatic heterocycles. The first-order valence-electron chi connectivity index (χ1n) is 8.83. The number of para-hydroxylation sites is 1. The number of carbonyl (C=O) groups is 1. The Labute approximate surface area is 169 Å². The molecular weight excluding hydrogens is 390 g/mol. The standard InChI is InChI=1S/C22H21NO3S2/c1-17-10-12-21(13-11-17)28(25,26)15-14-27-20-9-5-6-18(16-20)22(24)23-19-7-3-2-4-8-19/h2-13,16H,14-15H2,1H3,(H,23,24). The Kier molecular flexibility index (Phi) is 6.54. The Bertz CT molecular complexity index is 1050. The van der Waals surface area contributed by atoms with E-state index in [0.717, 1.165) is 16.1 Å². The molecule has 0 heterocycles. The van der Waals surface area contributed by atoms with E-state index in [2.05, 4.69) is 5.32 Å². The van der Waals surface area contributed by atoms with E-state index < -0.39 is 9.84 Å². The summed E-state index contributed by atoms with van der Waals surface area (Å²) in [4.78, 5) is 13.6. The number of rotatable bonds is 7. The third-order valence-electron chi connectivity index (χ3n) is 4.13. The van der Waals surface area contributed by atoms with Crippen molar-refractivity contribution in [2.75, 3.05) is 16.8 Å². The average Bonchev–Trinajstić information content (AvgIpc) is 2.69. The highest BCUT2D eigenvalue weighted by atomic mass is 32.2. The van der Waals surface area contributed by atoms with Gasteiger partial charge in [0.05, 0.1) is 10.6 Å². The minimum Gasteiger partial charge on any atom is -0.322 e. The van der Waals surface area contributed by atoms with E-state index in [1.54, 1.807) is 42.5 Å². The van der Waals surface area contributed by atoms with E-state index in [0.29, 0.717) is 16.2 Å². The molecule has 0 fully saturated rings. The minimum absolute atomic E-state index is 0.0428. The van der Waals surface area contributed by atoms with Crippen molar-refractivity contribution < 1.29 is 13.2 Å². The van der Waals surface area contributed by atoms with Crippen LogP contribution in [0.4, 0.5) is 5.69 Å². The van der Waals surface area contributed by atoms with Crippen molar-refractivity contribution in [3.05, 3.63) is 90.0 Å². The fraction of sp³-hybridized carbons (Fsp3) is 0.136. The summed E-state index contributed by atoms with van der Waals surface area (Å²) in [6.07, 6.45) is 0. The van der Waals surface area contributed by atoms with Gasteiger partial charge in [-0.1, -0.05) is 42.0 Å². The van der Waals surface area contributed by atoms with Crippen molar-refractivity contribution in [3.8, 4) is 0 Å². The fourth-order valence-corrected chi connectivity index (χ4v) is 5.20. The Hall–Kier alpha value is -2.57. The lowest BCUT2D eigenvalue weighted by molar-refractivity contribution is 0.102. The normalized spacial score (nSPS) is 11.2. The monoisotopic (exact) mass is 411 g/mol. The summed E-state index contributed by atoms with van der Waals surface area (Å²) in [5.74, 6) is 0.266. The van der Waals surface area contributed by atoms with Gasteiger partial charge in [-0.05, 0) is 49.4 Å². The van der Waals surface area contributed by atoms with Crippen molar-refractivity contribution in [2.24, 2.45) is 0 Å². The van der Waals surface area contributed by atoms with Crippen LogP contribution in [0.1, 0.15) is 15.9 Å². The number of aryl methyl sites for hydroxylation is 1. The predicted octanol–water partition coefficient (Wildman–Crippen LogP) is 4.81. The molecule has 0 aromatic heterocycles. The molecule has 0 aliphatic carbocycles. The molecule has 3 rings (SSSR count). The van der Waals surface area contributed by atoms with Crippen LogP contribution in [-0.4, -0.2) is 25.8 Å². The SMILES string of the molecule is Cc1ccc(S(=O)(=O)CCSc2cccc(C(=O)Nc3ccccc3)c2)cc1. The van der Waals surface area contributed by atoms with E-state index in [-0.39, 0.29) is 11.7 Å². The highest BCUT2D eigenvalue weighted by Crippen LogP contribution is 2.22. The lowest BCUT2D eigenvalue weighted by Crippen LogP contribution is -2.12. The zero-order valence-electron chi connectivity index (χ0n) is 15.5. The number of sulfone groups is 1. The summed E-state index contributed by atoms with van der Waals surface area (Å²) in [5.41, 5.74) is 2.30. The van der Waals surface area contributed by atoms with Crippen molar-refractivity contribution in [2.45, 2.75) is 16.7 Å². The largest absolute Gasteiger partial charge is 0.322 e. The van der Waals surface area contributed by atoms with Crippen LogP contribution in [0.3, 0.4) is 0 Å². The highest BCUT2D eigenvalue weighted by molar-refractivity contribution is 8.00. The van der Waals surface area contributed by atoms with Crippen LogP contribution in [-0.2, 0) is 9.84 Å².